The summed E-state index contributed by atoms with van der Waals surface area (Å²) >= 11 is 1.89. The molecule has 0 aromatic heterocycles. The summed E-state index contributed by atoms with van der Waals surface area (Å²) in [6.07, 6.45) is 6.00. The Morgan fingerprint density at radius 3 is 2.67 bits per heavy atom. The van der Waals surface area contributed by atoms with Crippen molar-refractivity contribution in [2.24, 2.45) is 5.41 Å². The Morgan fingerprint density at radius 1 is 1.42 bits per heavy atom. The van der Waals surface area contributed by atoms with E-state index in [1.807, 2.05) is 11.8 Å². The molecule has 1 saturated carbocycles. The lowest BCUT2D eigenvalue weighted by molar-refractivity contribution is -0.123. The Kier molecular flexibility index (Phi) is 2.19. The van der Waals surface area contributed by atoms with Crippen LogP contribution in [-0.4, -0.2) is 16.8 Å². The molecule has 1 aliphatic heterocycles. The van der Waals surface area contributed by atoms with E-state index in [9.17, 15) is 4.79 Å². The zero-order valence-electron chi connectivity index (χ0n) is 7.64. The van der Waals surface area contributed by atoms with E-state index in [1.165, 1.54) is 18.6 Å². The Labute approximate surface area is 78.3 Å². The van der Waals surface area contributed by atoms with Gasteiger partial charge in [-0.25, -0.2) is 0 Å². The molecule has 1 aliphatic carbocycles. The van der Waals surface area contributed by atoms with Gasteiger partial charge in [0.25, 0.3) is 0 Å². The van der Waals surface area contributed by atoms with Gasteiger partial charge in [-0.1, -0.05) is 13.3 Å². The van der Waals surface area contributed by atoms with Gasteiger partial charge in [0.1, 0.15) is 0 Å². The first-order chi connectivity index (χ1) is 5.72. The van der Waals surface area contributed by atoms with Crippen molar-refractivity contribution in [2.75, 3.05) is 5.75 Å². The van der Waals surface area contributed by atoms with Crippen LogP contribution in [0.15, 0.2) is 0 Å². The van der Waals surface area contributed by atoms with Crippen LogP contribution in [-0.2, 0) is 4.79 Å². The van der Waals surface area contributed by atoms with Crippen molar-refractivity contribution < 1.29 is 4.79 Å². The number of carbonyl (C=O) groups is 1. The molecule has 2 fully saturated rings. The summed E-state index contributed by atoms with van der Waals surface area (Å²) in [5.74, 6) is 1.75. The van der Waals surface area contributed by atoms with Gasteiger partial charge in [0.15, 0.2) is 5.78 Å². The highest BCUT2D eigenvalue weighted by molar-refractivity contribution is 8.00. The smallest absolute Gasteiger partial charge is 0.151 e. The van der Waals surface area contributed by atoms with Crippen molar-refractivity contribution in [2.45, 2.75) is 44.3 Å². The number of hydrogen-bond donors (Lipinski definition) is 0. The first kappa shape index (κ1) is 8.61. The van der Waals surface area contributed by atoms with Crippen molar-refractivity contribution in [3.8, 4) is 0 Å². The summed E-state index contributed by atoms with van der Waals surface area (Å²) in [4.78, 5) is 11.9. The van der Waals surface area contributed by atoms with Crippen molar-refractivity contribution in [3.05, 3.63) is 0 Å². The fourth-order valence-corrected chi connectivity index (χ4v) is 3.19. The molecule has 68 valence electrons. The third-order valence-electron chi connectivity index (χ3n) is 3.07. The third kappa shape index (κ3) is 1.54. The highest BCUT2D eigenvalue weighted by atomic mass is 32.2. The predicted octanol–water partition coefficient (Wildman–Crippen LogP) is 2.64. The average molecular weight is 184 g/mol. The van der Waals surface area contributed by atoms with Crippen molar-refractivity contribution in [3.63, 3.8) is 0 Å². The standard InChI is InChI=1S/C10H16OS/c1-10(5-6-10)9(11)8-4-2-3-7-12-8/h8H,2-7H2,1H3. The number of rotatable bonds is 2. The molecule has 1 unspecified atom stereocenters. The van der Waals surface area contributed by atoms with Crippen molar-refractivity contribution in [1.82, 2.24) is 0 Å². The molecule has 0 radical (unpaired) electrons. The Balaban J connectivity index is 1.94. The summed E-state index contributed by atoms with van der Waals surface area (Å²) < 4.78 is 0. The van der Waals surface area contributed by atoms with Gasteiger partial charge >= 0.3 is 0 Å². The van der Waals surface area contributed by atoms with Crippen LogP contribution in [0, 0.1) is 5.41 Å². The second-order valence-electron chi connectivity index (χ2n) is 4.28. The molecule has 1 heterocycles. The van der Waals surface area contributed by atoms with Crippen LogP contribution in [0.3, 0.4) is 0 Å². The quantitative estimate of drug-likeness (QED) is 0.656. The van der Waals surface area contributed by atoms with Crippen molar-refractivity contribution >= 4 is 17.5 Å². The first-order valence-electron chi connectivity index (χ1n) is 4.88. The maximum Gasteiger partial charge on any atom is 0.151 e. The van der Waals surface area contributed by atoms with Crippen LogP contribution >= 0.6 is 11.8 Å². The van der Waals surface area contributed by atoms with Crippen LogP contribution in [0.1, 0.15) is 39.0 Å². The number of Topliss-reactive ketones (excluding diaryl/α,β-unsaturated/α-hetero) is 1. The number of thioether (sulfide) groups is 1. The maximum absolute atomic E-state index is 11.9. The lowest BCUT2D eigenvalue weighted by Gasteiger charge is -2.22. The zero-order chi connectivity index (χ0) is 8.60. The summed E-state index contributed by atoms with van der Waals surface area (Å²) in [6, 6.07) is 0. The van der Waals surface area contributed by atoms with Gasteiger partial charge in [-0.15, -0.1) is 0 Å². The third-order valence-corrected chi connectivity index (χ3v) is 4.44. The monoisotopic (exact) mass is 184 g/mol. The lowest BCUT2D eigenvalue weighted by Crippen LogP contribution is -2.27. The molecule has 2 aliphatic rings. The molecule has 0 aromatic carbocycles. The Bertz CT molecular complexity index is 190. The molecule has 1 atom stereocenters. The second kappa shape index (κ2) is 3.06. The van der Waals surface area contributed by atoms with Crippen LogP contribution in [0.4, 0.5) is 0 Å². The SMILES string of the molecule is CC1(C(=O)C2CCCCS2)CC1. The molecule has 0 aromatic rings. The van der Waals surface area contributed by atoms with Crippen LogP contribution in [0.2, 0.25) is 0 Å². The molecular formula is C10H16OS. The molecule has 2 heteroatoms. The normalized spacial score (nSPS) is 32.9. The molecular weight excluding hydrogens is 168 g/mol. The number of carbonyl (C=O) groups excluding carboxylic acids is 1. The highest BCUT2D eigenvalue weighted by Gasteiger charge is 2.47. The van der Waals surface area contributed by atoms with Gasteiger partial charge in [0.2, 0.25) is 0 Å². The van der Waals surface area contributed by atoms with E-state index in [-0.39, 0.29) is 5.41 Å². The Hall–Kier alpha value is 0.0200. The minimum absolute atomic E-state index is 0.106. The lowest BCUT2D eigenvalue weighted by atomic mass is 9.98. The van der Waals surface area contributed by atoms with Crippen LogP contribution in [0.5, 0.6) is 0 Å². The number of ketones is 1. The molecule has 0 bridgehead atoms. The van der Waals surface area contributed by atoms with Gasteiger partial charge in [-0.3, -0.25) is 4.79 Å². The minimum Gasteiger partial charge on any atom is -0.298 e. The molecule has 0 amide bonds. The van der Waals surface area contributed by atoms with Crippen molar-refractivity contribution in [1.29, 1.82) is 0 Å². The van der Waals surface area contributed by atoms with Crippen LogP contribution in [0.25, 0.3) is 0 Å². The minimum atomic E-state index is 0.106. The topological polar surface area (TPSA) is 17.1 Å². The maximum atomic E-state index is 11.9. The van der Waals surface area contributed by atoms with Gasteiger partial charge < -0.3 is 0 Å². The molecule has 0 spiro atoms. The Morgan fingerprint density at radius 2 is 2.17 bits per heavy atom. The number of hydrogen-bond acceptors (Lipinski definition) is 2. The zero-order valence-corrected chi connectivity index (χ0v) is 8.45. The fraction of sp³-hybridized carbons (Fsp3) is 0.900. The van der Waals surface area contributed by atoms with E-state index < -0.39 is 0 Å². The molecule has 2 rings (SSSR count). The molecule has 1 saturated heterocycles. The van der Waals surface area contributed by atoms with Gasteiger partial charge in [0, 0.05) is 5.41 Å². The van der Waals surface area contributed by atoms with E-state index in [1.54, 1.807) is 0 Å². The van der Waals surface area contributed by atoms with Gasteiger partial charge in [-0.05, 0) is 31.4 Å². The van der Waals surface area contributed by atoms with E-state index in [4.69, 9.17) is 0 Å². The molecule has 0 N–H and O–H groups in total. The highest BCUT2D eigenvalue weighted by Crippen LogP contribution is 2.49. The molecule has 12 heavy (non-hydrogen) atoms. The second-order valence-corrected chi connectivity index (χ2v) is 5.59. The van der Waals surface area contributed by atoms with E-state index >= 15 is 0 Å². The average Bonchev–Trinajstić information content (AvgIpc) is 2.85. The van der Waals surface area contributed by atoms with E-state index in [0.717, 1.165) is 19.3 Å². The fourth-order valence-electron chi connectivity index (χ4n) is 1.77. The van der Waals surface area contributed by atoms with Gasteiger partial charge in [-0.2, -0.15) is 11.8 Å². The molecule has 1 nitrogen and oxygen atoms in total. The predicted molar refractivity (Wildman–Crippen MR) is 52.4 cm³/mol. The first-order valence-corrected chi connectivity index (χ1v) is 5.93. The van der Waals surface area contributed by atoms with E-state index in [0.29, 0.717) is 11.0 Å². The summed E-state index contributed by atoms with van der Waals surface area (Å²) in [5, 5.41) is 0.353. The van der Waals surface area contributed by atoms with E-state index in [2.05, 4.69) is 6.92 Å². The van der Waals surface area contributed by atoms with Gasteiger partial charge in [0.05, 0.1) is 5.25 Å². The summed E-state index contributed by atoms with van der Waals surface area (Å²) in [6.45, 7) is 2.13. The van der Waals surface area contributed by atoms with Crippen LogP contribution < -0.4 is 0 Å². The summed E-state index contributed by atoms with van der Waals surface area (Å²) in [5.41, 5.74) is 0.106. The summed E-state index contributed by atoms with van der Waals surface area (Å²) in [7, 11) is 0. The largest absolute Gasteiger partial charge is 0.298 e.